The van der Waals surface area contributed by atoms with E-state index in [9.17, 15) is 18.0 Å². The van der Waals surface area contributed by atoms with Gasteiger partial charge in [-0.1, -0.05) is 6.07 Å². The molecular formula is C21H25N3O4S. The predicted octanol–water partition coefficient (Wildman–Crippen LogP) is 1.79. The summed E-state index contributed by atoms with van der Waals surface area (Å²) in [5.41, 5.74) is 1.17. The summed E-state index contributed by atoms with van der Waals surface area (Å²) in [6.45, 7) is 5.08. The first-order valence-electron chi connectivity index (χ1n) is 9.60. The highest BCUT2D eigenvalue weighted by Crippen LogP contribution is 2.18. The van der Waals surface area contributed by atoms with Crippen LogP contribution in [0.5, 0.6) is 0 Å². The van der Waals surface area contributed by atoms with Crippen LogP contribution < -0.4 is 0 Å². The number of benzene rings is 1. The topological polar surface area (TPSA) is 87.7 Å². The van der Waals surface area contributed by atoms with Gasteiger partial charge >= 0.3 is 0 Å². The summed E-state index contributed by atoms with van der Waals surface area (Å²) < 4.78 is 24.4. The Kier molecular flexibility index (Phi) is 6.32. The zero-order chi connectivity index (χ0) is 21.0. The quantitative estimate of drug-likeness (QED) is 0.743. The van der Waals surface area contributed by atoms with Crippen LogP contribution in [0.1, 0.15) is 29.9 Å². The Bertz CT molecular complexity index is 965. The summed E-state index contributed by atoms with van der Waals surface area (Å²) in [4.78, 5) is 33.0. The van der Waals surface area contributed by atoms with Crippen LogP contribution in [0.3, 0.4) is 0 Å². The van der Waals surface area contributed by atoms with E-state index < -0.39 is 15.1 Å². The second-order valence-electron chi connectivity index (χ2n) is 7.29. The maximum Gasteiger partial charge on any atom is 0.253 e. The highest BCUT2D eigenvalue weighted by atomic mass is 32.2. The Balaban J connectivity index is 1.58. The molecule has 29 heavy (non-hydrogen) atoms. The molecule has 1 fully saturated rings. The maximum atomic E-state index is 12.7. The molecule has 0 radical (unpaired) electrons. The van der Waals surface area contributed by atoms with Crippen molar-refractivity contribution in [2.24, 2.45) is 0 Å². The van der Waals surface area contributed by atoms with Gasteiger partial charge < -0.3 is 9.80 Å². The summed E-state index contributed by atoms with van der Waals surface area (Å²) in [6, 6.07) is 11.5. The third-order valence-corrected chi connectivity index (χ3v) is 7.20. The van der Waals surface area contributed by atoms with Crippen LogP contribution in [-0.4, -0.2) is 66.4 Å². The summed E-state index contributed by atoms with van der Waals surface area (Å²) in [6.07, 6.45) is 1.91. The van der Waals surface area contributed by atoms with E-state index in [1.165, 1.54) is 12.1 Å². The minimum atomic E-state index is -3.36. The van der Waals surface area contributed by atoms with Gasteiger partial charge in [0.1, 0.15) is 0 Å². The Morgan fingerprint density at radius 3 is 2.14 bits per heavy atom. The number of amides is 2. The van der Waals surface area contributed by atoms with Crippen LogP contribution in [0.2, 0.25) is 0 Å². The molecule has 0 saturated carbocycles. The largest absolute Gasteiger partial charge is 0.339 e. The lowest BCUT2D eigenvalue weighted by atomic mass is 10.1. The molecule has 0 bridgehead atoms. The van der Waals surface area contributed by atoms with Crippen molar-refractivity contribution >= 4 is 21.7 Å². The van der Waals surface area contributed by atoms with Gasteiger partial charge in [-0.25, -0.2) is 8.42 Å². The summed E-state index contributed by atoms with van der Waals surface area (Å²) in [5, 5.41) is -0.513. The summed E-state index contributed by atoms with van der Waals surface area (Å²) in [5.74, 6) is -0.158. The highest BCUT2D eigenvalue weighted by Gasteiger charge is 2.26. The highest BCUT2D eigenvalue weighted by molar-refractivity contribution is 7.92. The van der Waals surface area contributed by atoms with Crippen LogP contribution in [0.4, 0.5) is 0 Å². The lowest BCUT2D eigenvalue weighted by molar-refractivity contribution is -0.132. The van der Waals surface area contributed by atoms with E-state index in [2.05, 4.69) is 4.98 Å². The molecule has 7 nitrogen and oxygen atoms in total. The van der Waals surface area contributed by atoms with E-state index in [1.54, 1.807) is 42.0 Å². The van der Waals surface area contributed by atoms with Crippen molar-refractivity contribution in [3.8, 4) is 0 Å². The molecular weight excluding hydrogens is 390 g/mol. The zero-order valence-corrected chi connectivity index (χ0v) is 17.4. The fraction of sp³-hybridized carbons (Fsp3) is 0.381. The van der Waals surface area contributed by atoms with E-state index in [0.717, 1.165) is 5.69 Å². The Morgan fingerprint density at radius 2 is 1.59 bits per heavy atom. The fourth-order valence-electron chi connectivity index (χ4n) is 3.17. The van der Waals surface area contributed by atoms with Crippen LogP contribution in [0, 0.1) is 0 Å². The van der Waals surface area contributed by atoms with Crippen molar-refractivity contribution in [3.63, 3.8) is 0 Å². The smallest absolute Gasteiger partial charge is 0.253 e. The molecule has 0 aliphatic carbocycles. The maximum absolute atomic E-state index is 12.7. The van der Waals surface area contributed by atoms with Crippen molar-refractivity contribution in [3.05, 3.63) is 59.9 Å². The van der Waals surface area contributed by atoms with Gasteiger partial charge in [0.05, 0.1) is 16.6 Å². The number of hydrogen-bond acceptors (Lipinski definition) is 5. The first kappa shape index (κ1) is 21.0. The van der Waals surface area contributed by atoms with Crippen molar-refractivity contribution in [1.29, 1.82) is 0 Å². The van der Waals surface area contributed by atoms with E-state index in [0.29, 0.717) is 31.7 Å². The van der Waals surface area contributed by atoms with Gasteiger partial charge in [0, 0.05) is 43.6 Å². The number of pyridine rings is 1. The molecule has 1 aliphatic heterocycles. The average Bonchev–Trinajstić information content (AvgIpc) is 2.74. The van der Waals surface area contributed by atoms with Crippen LogP contribution in [0.25, 0.3) is 0 Å². The number of hydrogen-bond donors (Lipinski definition) is 0. The SMILES string of the molecule is CC(C)S(=O)(=O)c1ccc(C(=O)N2CCN(C(=O)Cc3ccccn3)CC2)cc1. The molecule has 1 saturated heterocycles. The molecule has 0 atom stereocenters. The molecule has 2 aromatic rings. The number of sulfone groups is 1. The molecule has 1 aromatic heterocycles. The van der Waals surface area contributed by atoms with Gasteiger partial charge in [-0.05, 0) is 50.2 Å². The van der Waals surface area contributed by atoms with Crippen LogP contribution in [0.15, 0.2) is 53.6 Å². The molecule has 154 valence electrons. The van der Waals surface area contributed by atoms with E-state index in [4.69, 9.17) is 0 Å². The van der Waals surface area contributed by atoms with Gasteiger partial charge in [0.25, 0.3) is 5.91 Å². The third-order valence-electron chi connectivity index (χ3n) is 5.03. The second-order valence-corrected chi connectivity index (χ2v) is 9.79. The number of carbonyl (C=O) groups is 2. The zero-order valence-electron chi connectivity index (χ0n) is 16.6. The lowest BCUT2D eigenvalue weighted by Gasteiger charge is -2.34. The van der Waals surface area contributed by atoms with Crippen molar-refractivity contribution < 1.29 is 18.0 Å². The summed E-state index contributed by atoms with van der Waals surface area (Å²) in [7, 11) is -3.36. The number of nitrogens with zero attached hydrogens (tertiary/aromatic N) is 3. The lowest BCUT2D eigenvalue weighted by Crippen LogP contribution is -2.51. The van der Waals surface area contributed by atoms with Crippen LogP contribution >= 0.6 is 0 Å². The molecule has 1 aromatic carbocycles. The molecule has 0 spiro atoms. The molecule has 3 rings (SSSR count). The van der Waals surface area contributed by atoms with Crippen molar-refractivity contribution in [1.82, 2.24) is 14.8 Å². The van der Waals surface area contributed by atoms with Gasteiger partial charge in [0.15, 0.2) is 9.84 Å². The molecule has 0 N–H and O–H groups in total. The number of rotatable bonds is 5. The van der Waals surface area contributed by atoms with Crippen LogP contribution in [-0.2, 0) is 21.1 Å². The molecule has 2 heterocycles. The Labute approximate surface area is 171 Å². The van der Waals surface area contributed by atoms with E-state index in [1.807, 2.05) is 18.2 Å². The second kappa shape index (κ2) is 8.73. The molecule has 2 amide bonds. The van der Waals surface area contributed by atoms with Crippen molar-refractivity contribution in [2.45, 2.75) is 30.4 Å². The predicted molar refractivity (Wildman–Crippen MR) is 109 cm³/mol. The van der Waals surface area contributed by atoms with Gasteiger partial charge in [0.2, 0.25) is 5.91 Å². The van der Waals surface area contributed by atoms with E-state index in [-0.39, 0.29) is 23.1 Å². The standard InChI is InChI=1S/C21H25N3O4S/c1-16(2)29(27,28)19-8-6-17(7-9-19)21(26)24-13-11-23(12-14-24)20(25)15-18-5-3-4-10-22-18/h3-10,16H,11-15H2,1-2H3. The molecule has 1 aliphatic rings. The average molecular weight is 416 g/mol. The summed E-state index contributed by atoms with van der Waals surface area (Å²) >= 11 is 0. The minimum Gasteiger partial charge on any atom is -0.339 e. The normalized spacial score (nSPS) is 14.9. The number of aromatic nitrogens is 1. The minimum absolute atomic E-state index is 0.000885. The number of piperazine rings is 1. The molecule has 0 unspecified atom stereocenters. The fourth-order valence-corrected chi connectivity index (χ4v) is 4.23. The van der Waals surface area contributed by atoms with Gasteiger partial charge in [-0.15, -0.1) is 0 Å². The Hall–Kier alpha value is -2.74. The first-order valence-corrected chi connectivity index (χ1v) is 11.1. The number of carbonyl (C=O) groups excluding carboxylic acids is 2. The first-order chi connectivity index (χ1) is 13.8. The van der Waals surface area contributed by atoms with Gasteiger partial charge in [-0.2, -0.15) is 0 Å². The van der Waals surface area contributed by atoms with E-state index >= 15 is 0 Å². The molecule has 8 heteroatoms. The monoisotopic (exact) mass is 415 g/mol. The van der Waals surface area contributed by atoms with Crippen molar-refractivity contribution in [2.75, 3.05) is 26.2 Å². The third kappa shape index (κ3) is 4.82. The van der Waals surface area contributed by atoms with Gasteiger partial charge in [-0.3, -0.25) is 14.6 Å². The Morgan fingerprint density at radius 1 is 0.966 bits per heavy atom.